The van der Waals surface area contributed by atoms with Crippen molar-refractivity contribution < 1.29 is 23.7 Å². The first-order valence-electron chi connectivity index (χ1n) is 11.1. The lowest BCUT2D eigenvalue weighted by molar-refractivity contribution is -0.576. The molecule has 0 saturated carbocycles. The standard InChI is InChI=1S/C27H21FN4O3/c1-17(2)23-21(26(34)32(29-23)20-9-5-3-6-10-20)22-24(30-15-7-4-8-16-30)27(35)31(25(22)33)19-13-11-18(28)12-14-19/h3-17H,1-2H3. The molecular weight excluding hydrogens is 447 g/mol. The minimum absolute atomic E-state index is 0.0338. The molecule has 4 aromatic rings. The Morgan fingerprint density at radius 2 is 1.49 bits per heavy atom. The molecule has 1 aliphatic heterocycles. The maximum absolute atomic E-state index is 13.8. The Hall–Kier alpha value is -4.59. The number of para-hydroxylation sites is 1. The normalized spacial score (nSPS) is 13.9. The molecule has 0 spiro atoms. The van der Waals surface area contributed by atoms with Crippen molar-refractivity contribution in [3.8, 4) is 11.6 Å². The van der Waals surface area contributed by atoms with Gasteiger partial charge in [-0.2, -0.15) is 9.67 Å². The van der Waals surface area contributed by atoms with E-state index in [1.54, 1.807) is 54.9 Å². The fraction of sp³-hybridized carbons (Fsp3) is 0.111. The van der Waals surface area contributed by atoms with Crippen molar-refractivity contribution >= 4 is 28.8 Å². The van der Waals surface area contributed by atoms with E-state index in [-0.39, 0.29) is 28.4 Å². The van der Waals surface area contributed by atoms with Gasteiger partial charge in [0.1, 0.15) is 11.4 Å². The molecule has 0 bridgehead atoms. The van der Waals surface area contributed by atoms with Crippen LogP contribution in [-0.4, -0.2) is 21.6 Å². The molecule has 0 aliphatic carbocycles. The first kappa shape index (κ1) is 22.2. The molecule has 174 valence electrons. The van der Waals surface area contributed by atoms with Crippen LogP contribution in [0, 0.1) is 5.82 Å². The summed E-state index contributed by atoms with van der Waals surface area (Å²) in [6.45, 7) is 3.74. The second kappa shape index (κ2) is 8.64. The summed E-state index contributed by atoms with van der Waals surface area (Å²) in [5.41, 5.74) is 1.24. The third-order valence-corrected chi connectivity index (χ3v) is 5.79. The summed E-state index contributed by atoms with van der Waals surface area (Å²) in [5.74, 6) is -2.48. The molecular formula is C27H21FN4O3. The molecule has 2 aromatic heterocycles. The molecule has 8 heteroatoms. The van der Waals surface area contributed by atoms with Crippen LogP contribution < -0.4 is 14.6 Å². The van der Waals surface area contributed by atoms with Gasteiger partial charge in [-0.15, -0.1) is 0 Å². The molecule has 2 aromatic carbocycles. The highest BCUT2D eigenvalue weighted by molar-refractivity contribution is 6.53. The lowest BCUT2D eigenvalue weighted by Crippen LogP contribution is -2.39. The van der Waals surface area contributed by atoms with Crippen LogP contribution in [0.3, 0.4) is 0 Å². The first-order valence-corrected chi connectivity index (χ1v) is 11.1. The number of amides is 2. The lowest BCUT2D eigenvalue weighted by atomic mass is 9.98. The summed E-state index contributed by atoms with van der Waals surface area (Å²) in [6, 6.07) is 19.2. The summed E-state index contributed by atoms with van der Waals surface area (Å²) >= 11 is 0. The van der Waals surface area contributed by atoms with Crippen molar-refractivity contribution in [3.05, 3.63) is 102 Å². The summed E-state index contributed by atoms with van der Waals surface area (Å²) in [5, 5.41) is 18.3. The van der Waals surface area contributed by atoms with E-state index >= 15 is 0 Å². The van der Waals surface area contributed by atoms with E-state index in [4.69, 9.17) is 0 Å². The second-order valence-electron chi connectivity index (χ2n) is 8.40. The molecule has 0 N–H and O–H groups in total. The number of rotatable bonds is 5. The van der Waals surface area contributed by atoms with Crippen LogP contribution in [-0.2, 0) is 9.59 Å². The SMILES string of the molecule is CC(C)c1nn(-c2ccccc2)c([O-])c1C1=C([n+]2ccccc2)C(=O)N(c2ccc(F)cc2)C1=O. The zero-order valence-electron chi connectivity index (χ0n) is 19.1. The van der Waals surface area contributed by atoms with Gasteiger partial charge in [0, 0.05) is 17.7 Å². The maximum Gasteiger partial charge on any atom is 0.331 e. The summed E-state index contributed by atoms with van der Waals surface area (Å²) in [7, 11) is 0. The van der Waals surface area contributed by atoms with Gasteiger partial charge in [-0.1, -0.05) is 38.1 Å². The largest absolute Gasteiger partial charge is 0.858 e. The van der Waals surface area contributed by atoms with Gasteiger partial charge in [0.25, 0.3) is 11.6 Å². The van der Waals surface area contributed by atoms with Crippen LogP contribution in [0.4, 0.5) is 10.1 Å². The predicted molar refractivity (Wildman–Crippen MR) is 126 cm³/mol. The summed E-state index contributed by atoms with van der Waals surface area (Å²) in [4.78, 5) is 28.4. The maximum atomic E-state index is 13.8. The smallest absolute Gasteiger partial charge is 0.331 e. The van der Waals surface area contributed by atoms with E-state index in [0.717, 1.165) is 4.90 Å². The third-order valence-electron chi connectivity index (χ3n) is 5.79. The minimum Gasteiger partial charge on any atom is -0.858 e. The Morgan fingerprint density at radius 3 is 2.11 bits per heavy atom. The van der Waals surface area contributed by atoms with Gasteiger partial charge in [0.15, 0.2) is 12.4 Å². The number of pyridine rings is 1. The average molecular weight is 468 g/mol. The molecule has 35 heavy (non-hydrogen) atoms. The molecule has 0 atom stereocenters. The van der Waals surface area contributed by atoms with Crippen LogP contribution in [0.1, 0.15) is 31.0 Å². The van der Waals surface area contributed by atoms with Gasteiger partial charge >= 0.3 is 5.91 Å². The molecule has 5 rings (SSSR count). The van der Waals surface area contributed by atoms with Gasteiger partial charge < -0.3 is 5.11 Å². The molecule has 0 radical (unpaired) electrons. The number of halogens is 1. The lowest BCUT2D eigenvalue weighted by Gasteiger charge is -2.16. The van der Waals surface area contributed by atoms with Crippen LogP contribution >= 0.6 is 0 Å². The van der Waals surface area contributed by atoms with E-state index in [1.807, 2.05) is 19.9 Å². The molecule has 2 amide bonds. The average Bonchev–Trinajstić information content (AvgIpc) is 3.33. The van der Waals surface area contributed by atoms with E-state index in [2.05, 4.69) is 5.10 Å². The predicted octanol–water partition coefficient (Wildman–Crippen LogP) is 3.44. The van der Waals surface area contributed by atoms with Crippen LogP contribution in [0.2, 0.25) is 0 Å². The number of hydrogen-bond acceptors (Lipinski definition) is 4. The van der Waals surface area contributed by atoms with E-state index < -0.39 is 23.5 Å². The zero-order chi connectivity index (χ0) is 24.7. The Labute approximate surface area is 201 Å². The Kier molecular flexibility index (Phi) is 5.49. The van der Waals surface area contributed by atoms with Crippen molar-refractivity contribution in [2.24, 2.45) is 0 Å². The quantitative estimate of drug-likeness (QED) is 0.332. The number of benzene rings is 2. The highest BCUT2D eigenvalue weighted by Crippen LogP contribution is 2.40. The van der Waals surface area contributed by atoms with Crippen molar-refractivity contribution in [3.63, 3.8) is 0 Å². The van der Waals surface area contributed by atoms with E-state index in [1.165, 1.54) is 33.5 Å². The van der Waals surface area contributed by atoms with E-state index in [0.29, 0.717) is 11.4 Å². The number of anilines is 1. The Morgan fingerprint density at radius 1 is 0.857 bits per heavy atom. The number of carbonyl (C=O) groups is 2. The molecule has 3 heterocycles. The zero-order valence-corrected chi connectivity index (χ0v) is 19.1. The van der Waals surface area contributed by atoms with Crippen LogP contribution in [0.5, 0.6) is 5.88 Å². The molecule has 0 saturated heterocycles. The minimum atomic E-state index is -0.667. The number of imide groups is 1. The van der Waals surface area contributed by atoms with Gasteiger partial charge in [-0.3, -0.25) is 9.59 Å². The number of aromatic nitrogens is 3. The van der Waals surface area contributed by atoms with Crippen molar-refractivity contribution in [2.75, 3.05) is 4.90 Å². The monoisotopic (exact) mass is 468 g/mol. The highest BCUT2D eigenvalue weighted by Gasteiger charge is 2.47. The topological polar surface area (TPSA) is 82.1 Å². The number of nitrogens with zero attached hydrogens (tertiary/aromatic N) is 4. The van der Waals surface area contributed by atoms with E-state index in [9.17, 15) is 19.1 Å². The Balaban J connectivity index is 1.78. The second-order valence-corrected chi connectivity index (χ2v) is 8.40. The molecule has 0 fully saturated rings. The molecule has 1 aliphatic rings. The number of carbonyl (C=O) groups excluding carboxylic acids is 2. The molecule has 0 unspecified atom stereocenters. The van der Waals surface area contributed by atoms with Crippen molar-refractivity contribution in [1.29, 1.82) is 0 Å². The fourth-order valence-corrected chi connectivity index (χ4v) is 4.16. The summed E-state index contributed by atoms with van der Waals surface area (Å²) < 4.78 is 16.3. The van der Waals surface area contributed by atoms with Gasteiger partial charge in [0.2, 0.25) is 0 Å². The first-order chi connectivity index (χ1) is 16.9. The van der Waals surface area contributed by atoms with Gasteiger partial charge in [-0.25, -0.2) is 14.0 Å². The van der Waals surface area contributed by atoms with Crippen molar-refractivity contribution in [1.82, 2.24) is 9.78 Å². The highest BCUT2D eigenvalue weighted by atomic mass is 19.1. The number of hydrogen-bond donors (Lipinski definition) is 0. The molecule has 7 nitrogen and oxygen atoms in total. The van der Waals surface area contributed by atoms with Crippen LogP contribution in [0.15, 0.2) is 85.2 Å². The van der Waals surface area contributed by atoms with Gasteiger partial charge in [0.05, 0.1) is 17.1 Å². The van der Waals surface area contributed by atoms with Crippen molar-refractivity contribution in [2.45, 2.75) is 19.8 Å². The third kappa shape index (κ3) is 3.69. The Bertz CT molecular complexity index is 1460. The van der Waals surface area contributed by atoms with Gasteiger partial charge in [-0.05, 0) is 48.2 Å². The summed E-state index contributed by atoms with van der Waals surface area (Å²) in [6.07, 6.45) is 3.27. The van der Waals surface area contributed by atoms with Crippen LogP contribution in [0.25, 0.3) is 17.0 Å². The fourth-order valence-electron chi connectivity index (χ4n) is 4.16.